The van der Waals surface area contributed by atoms with E-state index in [2.05, 4.69) is 10.6 Å². The molecule has 2 atom stereocenters. The number of benzene rings is 1. The fraction of sp³-hybridized carbons (Fsp3) is 0.429. The van der Waals surface area contributed by atoms with Crippen LogP contribution in [0.3, 0.4) is 0 Å². The highest BCUT2D eigenvalue weighted by Gasteiger charge is 2.37. The maximum Gasteiger partial charge on any atom is 0.323 e. The second-order valence-electron chi connectivity index (χ2n) is 10.3. The number of para-hydroxylation sites is 1. The molecule has 2 amide bonds. The van der Waals surface area contributed by atoms with Gasteiger partial charge in [-0.1, -0.05) is 39.0 Å². The zero-order chi connectivity index (χ0) is 29.0. The minimum absolute atomic E-state index is 0.0212. The van der Waals surface area contributed by atoms with Gasteiger partial charge in [0.25, 0.3) is 5.91 Å². The van der Waals surface area contributed by atoms with Crippen molar-refractivity contribution in [2.75, 3.05) is 13.1 Å². The van der Waals surface area contributed by atoms with Crippen molar-refractivity contribution in [1.29, 1.82) is 0 Å². The summed E-state index contributed by atoms with van der Waals surface area (Å²) in [4.78, 5) is 39.7. The standard InChI is InChI=1S/C28H34N4O7S/c1-4-19-20-10-5-6-12-24(20)39-26(19)28(35)30-22(16-18(2)3)27(34)29-21-11-9-14-31(17-23(21)33)40(37,38)25-13-7-8-15-32(25)36/h5-8,10,12-13,15,18,21-22H,4,9,11,14,16-17H2,1-3H3,(H,29,34)(H,30,35)/t21?,22-/m0/s1. The van der Waals surface area contributed by atoms with Gasteiger partial charge in [-0.2, -0.15) is 9.04 Å². The molecule has 3 aromatic rings. The quantitative estimate of drug-likeness (QED) is 0.296. The van der Waals surface area contributed by atoms with Crippen LogP contribution in [0.15, 0.2) is 58.1 Å². The Balaban J connectivity index is 1.48. The lowest BCUT2D eigenvalue weighted by Crippen LogP contribution is -2.53. The van der Waals surface area contributed by atoms with Crippen LogP contribution in [0, 0.1) is 11.1 Å². The van der Waals surface area contributed by atoms with E-state index >= 15 is 0 Å². The van der Waals surface area contributed by atoms with Crippen molar-refractivity contribution < 1.29 is 31.9 Å². The number of aryl methyl sites for hydroxylation is 1. The number of amides is 2. The van der Waals surface area contributed by atoms with Crippen molar-refractivity contribution in [3.05, 3.63) is 65.2 Å². The second-order valence-corrected chi connectivity index (χ2v) is 12.2. The Hall–Kier alpha value is -3.77. The number of sulfonamides is 1. The molecule has 3 heterocycles. The third-order valence-corrected chi connectivity index (χ3v) is 8.75. The van der Waals surface area contributed by atoms with Crippen LogP contribution in [0.5, 0.6) is 0 Å². The fourth-order valence-corrected chi connectivity index (χ4v) is 6.40. The van der Waals surface area contributed by atoms with Crippen LogP contribution in [0.4, 0.5) is 0 Å². The number of aromatic nitrogens is 1. The van der Waals surface area contributed by atoms with Gasteiger partial charge >= 0.3 is 15.0 Å². The van der Waals surface area contributed by atoms with Gasteiger partial charge in [-0.15, -0.1) is 0 Å². The highest BCUT2D eigenvalue weighted by molar-refractivity contribution is 7.89. The number of carbonyl (C=O) groups is 3. The first-order valence-corrected chi connectivity index (χ1v) is 14.8. The van der Waals surface area contributed by atoms with Crippen LogP contribution in [0.25, 0.3) is 11.0 Å². The number of pyridine rings is 1. The van der Waals surface area contributed by atoms with Gasteiger partial charge in [0, 0.05) is 29.6 Å². The van der Waals surface area contributed by atoms with E-state index in [1.165, 1.54) is 18.2 Å². The minimum atomic E-state index is -4.21. The summed E-state index contributed by atoms with van der Waals surface area (Å²) in [5.41, 5.74) is 1.32. The smallest absolute Gasteiger partial charge is 0.323 e. The monoisotopic (exact) mass is 570 g/mol. The Labute approximate surface area is 233 Å². The number of nitrogens with one attached hydrogen (secondary N) is 2. The summed E-state index contributed by atoms with van der Waals surface area (Å²) in [5.74, 6) is -1.36. The van der Waals surface area contributed by atoms with Gasteiger partial charge in [0.15, 0.2) is 17.7 Å². The van der Waals surface area contributed by atoms with E-state index in [1.54, 1.807) is 6.07 Å². The molecular formula is C28H34N4O7S. The number of rotatable bonds is 9. The van der Waals surface area contributed by atoms with Gasteiger partial charge in [-0.3, -0.25) is 14.4 Å². The molecule has 2 N–H and O–H groups in total. The van der Waals surface area contributed by atoms with E-state index in [-0.39, 0.29) is 29.4 Å². The SMILES string of the molecule is CCc1c(C(=O)N[C@@H](CC(C)C)C(=O)NC2CCCN(S(=O)(=O)c3cccc[n+]3[O-])CC2=O)oc2ccccc12. The van der Waals surface area contributed by atoms with E-state index in [0.717, 1.165) is 21.5 Å². The molecular weight excluding hydrogens is 536 g/mol. The molecule has 12 heteroatoms. The molecule has 214 valence electrons. The fourth-order valence-electron chi connectivity index (χ4n) is 4.93. The van der Waals surface area contributed by atoms with Gasteiger partial charge in [-0.25, -0.2) is 8.42 Å². The average Bonchev–Trinajstić information content (AvgIpc) is 3.19. The van der Waals surface area contributed by atoms with E-state index in [4.69, 9.17) is 4.42 Å². The zero-order valence-electron chi connectivity index (χ0n) is 22.8. The molecule has 2 aromatic heterocycles. The van der Waals surface area contributed by atoms with Crippen molar-refractivity contribution in [2.45, 2.75) is 63.6 Å². The largest absolute Gasteiger partial charge is 0.618 e. The maximum atomic E-state index is 13.4. The number of fused-ring (bicyclic) bond motifs is 1. The summed E-state index contributed by atoms with van der Waals surface area (Å²) in [6, 6.07) is 9.48. The molecule has 1 aromatic carbocycles. The summed E-state index contributed by atoms with van der Waals surface area (Å²) >= 11 is 0. The van der Waals surface area contributed by atoms with Crippen LogP contribution in [-0.2, 0) is 26.0 Å². The Morgan fingerprint density at radius 2 is 1.90 bits per heavy atom. The Morgan fingerprint density at radius 3 is 2.60 bits per heavy atom. The van der Waals surface area contributed by atoms with E-state index < -0.39 is 51.3 Å². The molecule has 4 rings (SSSR count). The summed E-state index contributed by atoms with van der Waals surface area (Å²) in [5, 5.41) is 17.9. The van der Waals surface area contributed by atoms with Crippen molar-refractivity contribution in [3.63, 3.8) is 0 Å². The molecule has 40 heavy (non-hydrogen) atoms. The summed E-state index contributed by atoms with van der Waals surface area (Å²) in [7, 11) is -4.21. The maximum absolute atomic E-state index is 13.4. The van der Waals surface area contributed by atoms with Crippen molar-refractivity contribution in [3.8, 4) is 0 Å². The van der Waals surface area contributed by atoms with E-state index in [1.807, 2.05) is 39.0 Å². The number of nitrogens with zero attached hydrogens (tertiary/aromatic N) is 2. The molecule has 1 saturated heterocycles. The normalized spacial score (nSPS) is 17.5. The number of hydrogen-bond acceptors (Lipinski definition) is 7. The Bertz CT molecular complexity index is 1520. The first-order chi connectivity index (χ1) is 19.0. The van der Waals surface area contributed by atoms with Crippen LogP contribution < -0.4 is 15.4 Å². The predicted molar refractivity (Wildman–Crippen MR) is 147 cm³/mol. The summed E-state index contributed by atoms with van der Waals surface area (Å²) < 4.78 is 33.1. The molecule has 0 saturated carbocycles. The van der Waals surface area contributed by atoms with Crippen LogP contribution in [-0.4, -0.2) is 55.5 Å². The number of furan rings is 1. The molecule has 0 spiro atoms. The number of hydrogen-bond donors (Lipinski definition) is 2. The molecule has 1 unspecified atom stereocenters. The number of Topliss-reactive ketones (excluding diaryl/α,β-unsaturated/α-hetero) is 1. The second kappa shape index (κ2) is 12.2. The number of carbonyl (C=O) groups excluding carboxylic acids is 3. The number of ketones is 1. The zero-order valence-corrected chi connectivity index (χ0v) is 23.6. The topological polar surface area (TPSA) is 153 Å². The lowest BCUT2D eigenvalue weighted by Gasteiger charge is -2.23. The molecule has 1 aliphatic rings. The summed E-state index contributed by atoms with van der Waals surface area (Å²) in [6.45, 7) is 5.28. The van der Waals surface area contributed by atoms with Crippen molar-refractivity contribution in [1.82, 2.24) is 14.9 Å². The first-order valence-electron chi connectivity index (χ1n) is 13.4. The third kappa shape index (κ3) is 6.18. The van der Waals surface area contributed by atoms with Crippen molar-refractivity contribution in [2.24, 2.45) is 5.92 Å². The molecule has 0 bridgehead atoms. The lowest BCUT2D eigenvalue weighted by atomic mass is 10.0. The van der Waals surface area contributed by atoms with E-state index in [9.17, 15) is 28.0 Å². The highest BCUT2D eigenvalue weighted by atomic mass is 32.2. The van der Waals surface area contributed by atoms with Crippen molar-refractivity contribution >= 4 is 38.6 Å². The van der Waals surface area contributed by atoms with Crippen LogP contribution in [0.2, 0.25) is 0 Å². The Morgan fingerprint density at radius 1 is 1.18 bits per heavy atom. The lowest BCUT2D eigenvalue weighted by molar-refractivity contribution is -0.646. The molecule has 1 fully saturated rings. The highest BCUT2D eigenvalue weighted by Crippen LogP contribution is 2.26. The van der Waals surface area contributed by atoms with E-state index in [0.29, 0.717) is 24.8 Å². The third-order valence-electron chi connectivity index (χ3n) is 6.92. The molecule has 11 nitrogen and oxygen atoms in total. The van der Waals surface area contributed by atoms with Gasteiger partial charge in [0.2, 0.25) is 5.91 Å². The van der Waals surface area contributed by atoms with Gasteiger partial charge in [0.05, 0.1) is 12.6 Å². The molecule has 0 aliphatic carbocycles. The average molecular weight is 571 g/mol. The Kier molecular flexibility index (Phi) is 8.89. The van der Waals surface area contributed by atoms with Crippen LogP contribution in [0.1, 0.15) is 56.2 Å². The van der Waals surface area contributed by atoms with Gasteiger partial charge in [0.1, 0.15) is 11.6 Å². The van der Waals surface area contributed by atoms with Crippen LogP contribution >= 0.6 is 0 Å². The minimum Gasteiger partial charge on any atom is -0.618 e. The molecule has 1 aliphatic heterocycles. The van der Waals surface area contributed by atoms with Gasteiger partial charge < -0.3 is 20.3 Å². The molecule has 0 radical (unpaired) electrons. The first kappa shape index (κ1) is 29.2. The predicted octanol–water partition coefficient (Wildman–Crippen LogP) is 2.31. The van der Waals surface area contributed by atoms with Gasteiger partial charge in [-0.05, 0) is 43.7 Å². The summed E-state index contributed by atoms with van der Waals surface area (Å²) in [6.07, 6.45) is 2.47.